The summed E-state index contributed by atoms with van der Waals surface area (Å²) in [7, 11) is 0. The van der Waals surface area contributed by atoms with Gasteiger partial charge in [-0.05, 0) is 39.8 Å². The highest BCUT2D eigenvalue weighted by molar-refractivity contribution is 5.70. The number of nitrogens with one attached hydrogen (secondary N) is 1. The van der Waals surface area contributed by atoms with Gasteiger partial charge in [-0.3, -0.25) is 4.79 Å². The van der Waals surface area contributed by atoms with Gasteiger partial charge in [-0.1, -0.05) is 0 Å². The Hall–Kier alpha value is -0.860. The van der Waals surface area contributed by atoms with Crippen molar-refractivity contribution in [2.45, 2.75) is 45.6 Å². The maximum absolute atomic E-state index is 11.0. The fraction of sp³-hybridized carbons (Fsp3) is 0.778. The van der Waals surface area contributed by atoms with E-state index in [-0.39, 0.29) is 11.6 Å². The van der Waals surface area contributed by atoms with Crippen molar-refractivity contribution in [1.29, 1.82) is 5.41 Å². The van der Waals surface area contributed by atoms with E-state index in [1.165, 1.54) is 6.21 Å². The quantitative estimate of drug-likeness (QED) is 0.400. The molecule has 1 N–H and O–H groups in total. The lowest BCUT2D eigenvalue weighted by molar-refractivity contribution is -0.154. The summed E-state index contributed by atoms with van der Waals surface area (Å²) in [5.41, 5.74) is -0.387. The summed E-state index contributed by atoms with van der Waals surface area (Å²) < 4.78 is 5.07. The average Bonchev–Trinajstić information content (AvgIpc) is 1.84. The predicted molar refractivity (Wildman–Crippen MR) is 48.5 cm³/mol. The van der Waals surface area contributed by atoms with Crippen LogP contribution < -0.4 is 0 Å². The van der Waals surface area contributed by atoms with E-state index < -0.39 is 0 Å². The summed E-state index contributed by atoms with van der Waals surface area (Å²) in [5, 5.41) is 6.75. The Morgan fingerprint density at radius 3 is 2.50 bits per heavy atom. The van der Waals surface area contributed by atoms with Gasteiger partial charge in [0, 0.05) is 6.42 Å². The number of esters is 1. The molecule has 0 unspecified atom stereocenters. The Kier molecular flexibility index (Phi) is 4.55. The molecule has 0 amide bonds. The van der Waals surface area contributed by atoms with Crippen LogP contribution in [0.1, 0.15) is 40.0 Å². The van der Waals surface area contributed by atoms with Crippen LogP contribution in [0.3, 0.4) is 0 Å². The van der Waals surface area contributed by atoms with E-state index in [1.54, 1.807) is 0 Å². The van der Waals surface area contributed by atoms with E-state index in [1.807, 2.05) is 20.8 Å². The minimum Gasteiger partial charge on any atom is -0.460 e. The summed E-state index contributed by atoms with van der Waals surface area (Å²) in [5.74, 6) is -0.177. The van der Waals surface area contributed by atoms with Crippen LogP contribution in [0.25, 0.3) is 0 Å². The van der Waals surface area contributed by atoms with Gasteiger partial charge in [0.05, 0.1) is 0 Å². The van der Waals surface area contributed by atoms with Gasteiger partial charge in [-0.2, -0.15) is 0 Å². The molecule has 0 aromatic carbocycles. The molecule has 12 heavy (non-hydrogen) atoms. The van der Waals surface area contributed by atoms with E-state index in [4.69, 9.17) is 10.1 Å². The normalized spacial score (nSPS) is 10.9. The third-order valence-electron chi connectivity index (χ3n) is 1.15. The fourth-order valence-electron chi connectivity index (χ4n) is 0.741. The molecule has 0 aromatic heterocycles. The van der Waals surface area contributed by atoms with Crippen LogP contribution in [0.5, 0.6) is 0 Å². The smallest absolute Gasteiger partial charge is 0.306 e. The number of unbranched alkanes of at least 4 members (excludes halogenated alkanes) is 1. The van der Waals surface area contributed by atoms with Gasteiger partial charge in [0.1, 0.15) is 5.60 Å². The minimum atomic E-state index is -0.387. The van der Waals surface area contributed by atoms with Gasteiger partial charge < -0.3 is 10.1 Å². The topological polar surface area (TPSA) is 50.2 Å². The zero-order valence-corrected chi connectivity index (χ0v) is 8.02. The highest BCUT2D eigenvalue weighted by atomic mass is 16.6. The molecule has 0 bridgehead atoms. The van der Waals surface area contributed by atoms with Crippen LogP contribution in [0.4, 0.5) is 0 Å². The first-order valence-corrected chi connectivity index (χ1v) is 4.16. The lowest BCUT2D eigenvalue weighted by Gasteiger charge is -2.19. The zero-order chi connectivity index (χ0) is 9.61. The molecule has 0 aliphatic heterocycles. The Bertz CT molecular complexity index is 158. The summed E-state index contributed by atoms with van der Waals surface area (Å²) in [6, 6.07) is 0. The van der Waals surface area contributed by atoms with Crippen molar-refractivity contribution in [3.63, 3.8) is 0 Å². The van der Waals surface area contributed by atoms with Crippen LogP contribution in [0.15, 0.2) is 0 Å². The first-order valence-electron chi connectivity index (χ1n) is 4.16. The van der Waals surface area contributed by atoms with Crippen molar-refractivity contribution in [3.8, 4) is 0 Å². The second kappa shape index (κ2) is 4.91. The summed E-state index contributed by atoms with van der Waals surface area (Å²) in [6.45, 7) is 5.55. The number of ether oxygens (including phenoxy) is 1. The second-order valence-electron chi connectivity index (χ2n) is 3.68. The maximum atomic E-state index is 11.0. The SMILES string of the molecule is CC(C)(C)OC(=O)CCCC=N. The molecule has 3 nitrogen and oxygen atoms in total. The molecular formula is C9H17NO2. The molecule has 70 valence electrons. The van der Waals surface area contributed by atoms with Gasteiger partial charge in [-0.15, -0.1) is 0 Å². The Labute approximate surface area is 73.6 Å². The molecule has 0 aromatic rings. The van der Waals surface area contributed by atoms with Gasteiger partial charge in [0.15, 0.2) is 0 Å². The molecule has 0 fully saturated rings. The van der Waals surface area contributed by atoms with Crippen molar-refractivity contribution in [3.05, 3.63) is 0 Å². The largest absolute Gasteiger partial charge is 0.460 e. The number of carbonyl (C=O) groups is 1. The predicted octanol–water partition coefficient (Wildman–Crippen LogP) is 2.15. The molecular weight excluding hydrogens is 154 g/mol. The number of hydrogen-bond donors (Lipinski definition) is 1. The Morgan fingerprint density at radius 1 is 1.50 bits per heavy atom. The fourth-order valence-corrected chi connectivity index (χ4v) is 0.741. The van der Waals surface area contributed by atoms with Crippen LogP contribution in [0.2, 0.25) is 0 Å². The molecule has 0 rings (SSSR count). The molecule has 0 atom stereocenters. The maximum Gasteiger partial charge on any atom is 0.306 e. The highest BCUT2D eigenvalue weighted by Crippen LogP contribution is 2.09. The summed E-state index contributed by atoms with van der Waals surface area (Å²) in [4.78, 5) is 11.0. The van der Waals surface area contributed by atoms with E-state index >= 15 is 0 Å². The lowest BCUT2D eigenvalue weighted by atomic mass is 10.2. The molecule has 0 radical (unpaired) electrons. The van der Waals surface area contributed by atoms with E-state index in [2.05, 4.69) is 0 Å². The highest BCUT2D eigenvalue weighted by Gasteiger charge is 2.15. The minimum absolute atomic E-state index is 0.177. The molecule has 3 heteroatoms. The van der Waals surface area contributed by atoms with Gasteiger partial charge in [0.2, 0.25) is 0 Å². The standard InChI is InChI=1S/C9H17NO2/c1-9(2,3)12-8(11)6-4-5-7-10/h7,10H,4-6H2,1-3H3. The van der Waals surface area contributed by atoms with Crippen LogP contribution in [-0.4, -0.2) is 17.8 Å². The van der Waals surface area contributed by atoms with Gasteiger partial charge in [0.25, 0.3) is 0 Å². The van der Waals surface area contributed by atoms with E-state index in [0.29, 0.717) is 19.3 Å². The van der Waals surface area contributed by atoms with E-state index in [9.17, 15) is 4.79 Å². The number of rotatable bonds is 4. The molecule has 0 saturated carbocycles. The number of carbonyl (C=O) groups excluding carboxylic acids is 1. The van der Waals surface area contributed by atoms with Crippen molar-refractivity contribution >= 4 is 12.2 Å². The van der Waals surface area contributed by atoms with Crippen LogP contribution in [-0.2, 0) is 9.53 Å². The van der Waals surface area contributed by atoms with Crippen LogP contribution in [0, 0.1) is 5.41 Å². The van der Waals surface area contributed by atoms with Crippen LogP contribution >= 0.6 is 0 Å². The molecule has 0 aliphatic carbocycles. The third kappa shape index (κ3) is 7.25. The Balaban J connectivity index is 3.53. The van der Waals surface area contributed by atoms with Crippen molar-refractivity contribution in [1.82, 2.24) is 0 Å². The first kappa shape index (κ1) is 11.1. The molecule has 0 spiro atoms. The summed E-state index contributed by atoms with van der Waals surface area (Å²) >= 11 is 0. The first-order chi connectivity index (χ1) is 5.45. The molecule has 0 saturated heterocycles. The van der Waals surface area contributed by atoms with Crippen molar-refractivity contribution in [2.75, 3.05) is 0 Å². The Morgan fingerprint density at radius 2 is 2.08 bits per heavy atom. The third-order valence-corrected chi connectivity index (χ3v) is 1.15. The zero-order valence-electron chi connectivity index (χ0n) is 8.02. The summed E-state index contributed by atoms with van der Waals surface area (Å²) in [6.07, 6.45) is 3.08. The molecule has 0 heterocycles. The van der Waals surface area contributed by atoms with E-state index in [0.717, 1.165) is 0 Å². The number of hydrogen-bond acceptors (Lipinski definition) is 3. The van der Waals surface area contributed by atoms with Gasteiger partial charge >= 0.3 is 5.97 Å². The second-order valence-corrected chi connectivity index (χ2v) is 3.68. The van der Waals surface area contributed by atoms with Crippen molar-refractivity contribution in [2.24, 2.45) is 0 Å². The molecule has 0 aliphatic rings. The van der Waals surface area contributed by atoms with Gasteiger partial charge in [-0.25, -0.2) is 0 Å². The lowest BCUT2D eigenvalue weighted by Crippen LogP contribution is -2.23. The van der Waals surface area contributed by atoms with Crippen molar-refractivity contribution < 1.29 is 9.53 Å². The average molecular weight is 171 g/mol. The monoisotopic (exact) mass is 171 g/mol.